The molecule has 314 valence electrons. The number of carbonyl (C=O) groups is 4. The highest BCUT2D eigenvalue weighted by atomic mass is 16.6. The molecule has 0 saturated carbocycles. The molecule has 15 heteroatoms. The second-order valence-corrected chi connectivity index (χ2v) is 12.6. The van der Waals surface area contributed by atoms with Crippen LogP contribution in [0.15, 0.2) is 133 Å². The van der Waals surface area contributed by atoms with Gasteiger partial charge in [-0.25, -0.2) is 4.79 Å². The van der Waals surface area contributed by atoms with Crippen molar-refractivity contribution in [2.45, 2.75) is 34.6 Å². The monoisotopic (exact) mass is 821 g/mol. The molecule has 6 rings (SSSR count). The Morgan fingerprint density at radius 1 is 0.550 bits per heavy atom. The molecule has 0 unspecified atom stereocenters. The van der Waals surface area contributed by atoms with Gasteiger partial charge in [-0.15, -0.1) is 0 Å². The lowest BCUT2D eigenvalue weighted by atomic mass is 10.1. The van der Waals surface area contributed by atoms with Crippen molar-refractivity contribution in [1.82, 2.24) is 6.15 Å². The minimum absolute atomic E-state index is 0. The largest absolute Gasteiger partial charge is 0.508 e. The van der Waals surface area contributed by atoms with Crippen molar-refractivity contribution in [2.75, 3.05) is 5.73 Å². The molecular weight excluding hydrogens is 775 g/mol. The lowest BCUT2D eigenvalue weighted by molar-refractivity contribution is -0.384. The summed E-state index contributed by atoms with van der Waals surface area (Å²) in [5.41, 5.74) is 10.2. The first-order chi connectivity index (χ1) is 27.4. The Morgan fingerprint density at radius 2 is 0.883 bits per heavy atom. The van der Waals surface area contributed by atoms with E-state index in [-0.39, 0.29) is 51.7 Å². The lowest BCUT2D eigenvalue weighted by Gasteiger charge is -2.09. The van der Waals surface area contributed by atoms with Crippen LogP contribution in [0.1, 0.15) is 73.3 Å². The van der Waals surface area contributed by atoms with Gasteiger partial charge in [0.05, 0.1) is 10.5 Å². The fraction of sp³-hybridized carbons (Fsp3) is 0.111. The summed E-state index contributed by atoms with van der Waals surface area (Å²) in [6, 6.07) is 35.3. The van der Waals surface area contributed by atoms with E-state index in [1.807, 2.05) is 19.1 Å². The van der Waals surface area contributed by atoms with E-state index in [1.165, 1.54) is 62.4 Å². The van der Waals surface area contributed by atoms with Crippen LogP contribution in [0.5, 0.6) is 34.5 Å². The molecule has 0 spiro atoms. The Balaban J connectivity index is 0.000000413. The van der Waals surface area contributed by atoms with Gasteiger partial charge in [0.25, 0.3) is 5.69 Å². The van der Waals surface area contributed by atoms with E-state index in [2.05, 4.69) is 0 Å². The van der Waals surface area contributed by atoms with E-state index in [0.29, 0.717) is 45.2 Å². The van der Waals surface area contributed by atoms with E-state index >= 15 is 0 Å². The third kappa shape index (κ3) is 16.3. The predicted molar refractivity (Wildman–Crippen MR) is 228 cm³/mol. The number of nitrogens with two attached hydrogens (primary N) is 1. The molecule has 0 aliphatic heterocycles. The topological polar surface area (TPSA) is 283 Å². The first kappa shape index (κ1) is 50.1. The van der Waals surface area contributed by atoms with Gasteiger partial charge in [0.1, 0.15) is 34.5 Å². The van der Waals surface area contributed by atoms with Crippen LogP contribution in [0.4, 0.5) is 11.4 Å². The van der Waals surface area contributed by atoms with Gasteiger partial charge >= 0.3 is 5.97 Å². The fourth-order valence-corrected chi connectivity index (χ4v) is 4.72. The Kier molecular flexibility index (Phi) is 20.1. The number of carboxylic acid groups (broad SMARTS) is 1. The third-order valence-electron chi connectivity index (χ3n) is 7.93. The maximum Gasteiger partial charge on any atom is 0.335 e. The number of phenols is 2. The molecule has 0 bridgehead atoms. The first-order valence-electron chi connectivity index (χ1n) is 17.4. The van der Waals surface area contributed by atoms with E-state index in [4.69, 9.17) is 30.5 Å². The van der Waals surface area contributed by atoms with Gasteiger partial charge in [0.2, 0.25) is 0 Å². The van der Waals surface area contributed by atoms with Gasteiger partial charge < -0.3 is 42.2 Å². The summed E-state index contributed by atoms with van der Waals surface area (Å²) in [7, 11) is 0. The number of anilines is 1. The van der Waals surface area contributed by atoms with E-state index < -0.39 is 10.9 Å². The van der Waals surface area contributed by atoms with Crippen LogP contribution in [-0.2, 0) is 0 Å². The van der Waals surface area contributed by atoms with E-state index in [1.54, 1.807) is 86.6 Å². The predicted octanol–water partition coefficient (Wildman–Crippen LogP) is 9.49. The zero-order chi connectivity index (χ0) is 42.9. The number of hydrogen-bond acceptors (Lipinski definition) is 12. The number of carboxylic acids is 1. The molecule has 0 fully saturated rings. The highest BCUT2D eigenvalue weighted by molar-refractivity contribution is 5.95. The highest BCUT2D eigenvalue weighted by Crippen LogP contribution is 2.29. The van der Waals surface area contributed by atoms with Gasteiger partial charge in [-0.3, -0.25) is 24.5 Å². The normalized spacial score (nSPS) is 9.48. The molecule has 15 nitrogen and oxygen atoms in total. The number of aromatic hydroxyl groups is 2. The van der Waals surface area contributed by atoms with Crippen molar-refractivity contribution in [3.05, 3.63) is 177 Å². The Labute approximate surface area is 346 Å². The summed E-state index contributed by atoms with van der Waals surface area (Å²) < 4.78 is 11.4. The van der Waals surface area contributed by atoms with Crippen molar-refractivity contribution in [3.8, 4) is 34.5 Å². The zero-order valence-corrected chi connectivity index (χ0v) is 33.5. The number of ketones is 3. The minimum Gasteiger partial charge on any atom is -0.508 e. The van der Waals surface area contributed by atoms with Gasteiger partial charge in [-0.05, 0) is 167 Å². The number of nitrogen functional groups attached to an aromatic ring is 1. The van der Waals surface area contributed by atoms with Crippen LogP contribution in [0.3, 0.4) is 0 Å². The lowest BCUT2D eigenvalue weighted by Crippen LogP contribution is -1.93. The molecule has 0 amide bonds. The molecule has 0 aliphatic rings. The molecule has 6 aromatic rings. The van der Waals surface area contributed by atoms with Gasteiger partial charge in [-0.1, -0.05) is 0 Å². The summed E-state index contributed by atoms with van der Waals surface area (Å²) >= 11 is 0. The molecule has 60 heavy (non-hydrogen) atoms. The number of nitrogens with zero attached hydrogens (tertiary/aromatic N) is 1. The molecule has 0 radical (unpaired) electrons. The molecule has 6 aromatic carbocycles. The number of rotatable bonds is 9. The Bertz CT molecular complexity index is 2310. The number of aryl methyl sites for hydroxylation is 2. The average Bonchev–Trinajstić information content (AvgIpc) is 3.18. The first-order valence-corrected chi connectivity index (χ1v) is 17.4. The standard InChI is InChI=1S/C15H13NO4.C15H15NO2.C8H8O2.C7H6O3.H3N.H2O/c1-10-9-13(16(18)19)5-8-15(10)20-14-6-3-12(4-7-14)11(2)17;1-10-9-13(16)5-8-15(10)18-14-6-3-12(4-7-14)11(2)17;1-6(9)7-2-4-8(10)5-3-7;8-6-3-1-5(2-4-6)7(9)10;;/h3-9H,1-2H3;3-9H,16H2,1-2H3;2-5,10H,1H3;1-4,8H,(H,9,10);1H3;1H2. The van der Waals surface area contributed by atoms with Crippen molar-refractivity contribution in [1.29, 1.82) is 0 Å². The number of carbonyl (C=O) groups excluding carboxylic acids is 3. The summed E-state index contributed by atoms with van der Waals surface area (Å²) in [4.78, 5) is 53.4. The maximum atomic E-state index is 11.2. The summed E-state index contributed by atoms with van der Waals surface area (Å²) in [6.45, 7) is 8.21. The summed E-state index contributed by atoms with van der Waals surface area (Å²) in [5, 5.41) is 36.6. The molecular formula is C45H47N3O12. The second-order valence-electron chi connectivity index (χ2n) is 12.6. The smallest absolute Gasteiger partial charge is 0.335 e. The van der Waals surface area contributed by atoms with Crippen molar-refractivity contribution in [3.63, 3.8) is 0 Å². The molecule has 0 aliphatic carbocycles. The van der Waals surface area contributed by atoms with Crippen LogP contribution < -0.4 is 21.4 Å². The number of hydrogen-bond donors (Lipinski definition) is 5. The number of aromatic carboxylic acids is 1. The zero-order valence-electron chi connectivity index (χ0n) is 33.5. The van der Waals surface area contributed by atoms with E-state index in [9.17, 15) is 29.3 Å². The quantitative estimate of drug-likeness (QED) is 0.0393. The summed E-state index contributed by atoms with van der Waals surface area (Å²) in [5.74, 6) is 1.91. The molecule has 0 aromatic heterocycles. The molecule has 0 atom stereocenters. The van der Waals surface area contributed by atoms with Crippen molar-refractivity contribution >= 4 is 34.7 Å². The van der Waals surface area contributed by atoms with Crippen molar-refractivity contribution < 1.29 is 54.4 Å². The fourth-order valence-electron chi connectivity index (χ4n) is 4.72. The molecule has 10 N–H and O–H groups in total. The average molecular weight is 822 g/mol. The van der Waals surface area contributed by atoms with E-state index in [0.717, 1.165) is 11.3 Å². The van der Waals surface area contributed by atoms with Crippen molar-refractivity contribution in [2.24, 2.45) is 0 Å². The van der Waals surface area contributed by atoms with Gasteiger partial charge in [0.15, 0.2) is 17.3 Å². The number of phenolic OH excluding ortho intramolecular Hbond substituents is 2. The minimum atomic E-state index is -0.986. The van der Waals surface area contributed by atoms with Gasteiger partial charge in [0, 0.05) is 34.5 Å². The number of non-ortho nitro benzene ring substituents is 1. The Morgan fingerprint density at radius 3 is 1.20 bits per heavy atom. The third-order valence-corrected chi connectivity index (χ3v) is 7.93. The Hall–Kier alpha value is -7.88. The highest BCUT2D eigenvalue weighted by Gasteiger charge is 2.10. The number of nitro groups is 1. The SMILES string of the molecule is CC(=O)c1ccc(O)cc1.CC(=O)c1ccc(Oc2ccc(N)cc2C)cc1.CC(=O)c1ccc(Oc2ccc([N+](=O)[O-])cc2C)cc1.N.O.O=C(O)c1ccc(O)cc1. The molecule has 0 heterocycles. The van der Waals surface area contributed by atoms with Gasteiger partial charge in [-0.2, -0.15) is 0 Å². The number of nitro benzene ring substituents is 1. The number of benzene rings is 6. The molecule has 0 saturated heterocycles. The van der Waals surface area contributed by atoms with Crippen LogP contribution in [0, 0.1) is 24.0 Å². The van der Waals surface area contributed by atoms with Crippen LogP contribution in [0.25, 0.3) is 0 Å². The maximum absolute atomic E-state index is 11.2. The van der Waals surface area contributed by atoms with Crippen LogP contribution in [0.2, 0.25) is 0 Å². The second kappa shape index (κ2) is 24.0. The van der Waals surface area contributed by atoms with Crippen LogP contribution >= 0.6 is 0 Å². The number of Topliss-reactive ketones (excluding diaryl/α,β-unsaturated/α-hetero) is 3. The van der Waals surface area contributed by atoms with Crippen LogP contribution in [-0.4, -0.2) is 49.0 Å². The number of ether oxygens (including phenoxy) is 2. The summed E-state index contributed by atoms with van der Waals surface area (Å²) in [6.07, 6.45) is 0.